The number of aryl methyl sites for hydroxylation is 1. The smallest absolute Gasteiger partial charge is 0.262 e. The summed E-state index contributed by atoms with van der Waals surface area (Å²) in [6, 6.07) is 5.41. The Morgan fingerprint density at radius 3 is 2.50 bits per heavy atom. The summed E-state index contributed by atoms with van der Waals surface area (Å²) in [7, 11) is -3.90. The summed E-state index contributed by atoms with van der Waals surface area (Å²) in [5.41, 5.74) is 6.96. The Kier molecular flexibility index (Phi) is 3.63. The van der Waals surface area contributed by atoms with Crippen molar-refractivity contribution in [2.24, 2.45) is 0 Å². The van der Waals surface area contributed by atoms with Crippen molar-refractivity contribution >= 4 is 21.4 Å². The maximum atomic E-state index is 13.6. The van der Waals surface area contributed by atoms with Crippen molar-refractivity contribution in [2.45, 2.75) is 18.7 Å². The number of anilines is 2. The summed E-state index contributed by atoms with van der Waals surface area (Å²) in [5.74, 6) is -0.660. The van der Waals surface area contributed by atoms with Crippen molar-refractivity contribution in [3.05, 3.63) is 47.5 Å². The van der Waals surface area contributed by atoms with E-state index in [-0.39, 0.29) is 16.1 Å². The number of nitrogens with one attached hydrogen (secondary N) is 1. The molecule has 7 heteroatoms. The largest absolute Gasteiger partial charge is 0.398 e. The van der Waals surface area contributed by atoms with Crippen LogP contribution in [0.3, 0.4) is 0 Å². The van der Waals surface area contributed by atoms with E-state index in [1.807, 2.05) is 0 Å². The van der Waals surface area contributed by atoms with Crippen molar-refractivity contribution in [3.63, 3.8) is 0 Å². The number of aromatic nitrogens is 1. The SMILES string of the molecule is Cc1ccc(NS(=O)(=O)c2cc(N)c(C)c(F)c2)cn1. The fourth-order valence-electron chi connectivity index (χ4n) is 1.57. The maximum absolute atomic E-state index is 13.6. The molecule has 0 aliphatic rings. The number of nitrogen functional groups attached to an aromatic ring is 1. The minimum absolute atomic E-state index is 0.0902. The molecule has 1 aromatic carbocycles. The molecule has 3 N–H and O–H groups in total. The number of hydrogen-bond donors (Lipinski definition) is 2. The van der Waals surface area contributed by atoms with Crippen molar-refractivity contribution < 1.29 is 12.8 Å². The predicted molar refractivity (Wildman–Crippen MR) is 75.3 cm³/mol. The van der Waals surface area contributed by atoms with Gasteiger partial charge in [0.1, 0.15) is 5.82 Å². The van der Waals surface area contributed by atoms with Gasteiger partial charge < -0.3 is 5.73 Å². The number of nitrogens with zero attached hydrogens (tertiary/aromatic N) is 1. The Morgan fingerprint density at radius 2 is 1.95 bits per heavy atom. The summed E-state index contributed by atoms with van der Waals surface area (Å²) in [6.07, 6.45) is 1.39. The van der Waals surface area contributed by atoms with Gasteiger partial charge in [-0.05, 0) is 38.1 Å². The Bertz CT molecular complexity index is 720. The van der Waals surface area contributed by atoms with Crippen LogP contribution in [0, 0.1) is 19.7 Å². The minimum Gasteiger partial charge on any atom is -0.398 e. The second kappa shape index (κ2) is 5.09. The highest BCUT2D eigenvalue weighted by atomic mass is 32.2. The van der Waals surface area contributed by atoms with Crippen LogP contribution >= 0.6 is 0 Å². The molecule has 0 amide bonds. The summed E-state index contributed by atoms with van der Waals surface area (Å²) in [5, 5.41) is 0. The van der Waals surface area contributed by atoms with Gasteiger partial charge in [-0.3, -0.25) is 9.71 Å². The Morgan fingerprint density at radius 1 is 1.25 bits per heavy atom. The van der Waals surface area contributed by atoms with Crippen LogP contribution in [0.4, 0.5) is 15.8 Å². The van der Waals surface area contributed by atoms with E-state index < -0.39 is 15.8 Å². The van der Waals surface area contributed by atoms with Crippen LogP contribution in [0.25, 0.3) is 0 Å². The first-order valence-corrected chi connectivity index (χ1v) is 7.29. The van der Waals surface area contributed by atoms with E-state index in [4.69, 9.17) is 5.73 Å². The lowest BCUT2D eigenvalue weighted by molar-refractivity contribution is 0.593. The predicted octanol–water partition coefficient (Wildman–Crippen LogP) is 2.22. The fourth-order valence-corrected chi connectivity index (χ4v) is 2.66. The van der Waals surface area contributed by atoms with Crippen molar-refractivity contribution in [1.29, 1.82) is 0 Å². The number of rotatable bonds is 3. The molecule has 2 aromatic rings. The molecular weight excluding hydrogens is 281 g/mol. The van der Waals surface area contributed by atoms with Gasteiger partial charge in [0, 0.05) is 16.9 Å². The number of nitrogens with two attached hydrogens (primary N) is 1. The molecule has 0 atom stereocenters. The van der Waals surface area contributed by atoms with E-state index in [9.17, 15) is 12.8 Å². The second-order valence-corrected chi connectivity index (χ2v) is 6.10. The van der Waals surface area contributed by atoms with Gasteiger partial charge in [0.15, 0.2) is 0 Å². The normalized spacial score (nSPS) is 11.3. The zero-order valence-corrected chi connectivity index (χ0v) is 11.8. The highest BCUT2D eigenvalue weighted by Crippen LogP contribution is 2.22. The quantitative estimate of drug-likeness (QED) is 0.850. The van der Waals surface area contributed by atoms with E-state index in [2.05, 4.69) is 9.71 Å². The van der Waals surface area contributed by atoms with E-state index in [0.29, 0.717) is 5.69 Å². The molecule has 106 valence electrons. The lowest BCUT2D eigenvalue weighted by Gasteiger charge is -2.10. The van der Waals surface area contributed by atoms with Crippen LogP contribution in [0.2, 0.25) is 0 Å². The highest BCUT2D eigenvalue weighted by Gasteiger charge is 2.17. The third kappa shape index (κ3) is 2.88. The lowest BCUT2D eigenvalue weighted by Crippen LogP contribution is -2.14. The van der Waals surface area contributed by atoms with Crippen molar-refractivity contribution in [1.82, 2.24) is 4.98 Å². The van der Waals surface area contributed by atoms with Crippen molar-refractivity contribution in [3.8, 4) is 0 Å². The number of pyridine rings is 1. The number of halogens is 1. The van der Waals surface area contributed by atoms with Gasteiger partial charge in [0.05, 0.1) is 16.8 Å². The van der Waals surface area contributed by atoms with Crippen LogP contribution < -0.4 is 10.5 Å². The molecule has 2 rings (SSSR count). The molecule has 1 aromatic heterocycles. The molecule has 0 aliphatic carbocycles. The third-order valence-electron chi connectivity index (χ3n) is 2.83. The van der Waals surface area contributed by atoms with Gasteiger partial charge >= 0.3 is 0 Å². The molecule has 20 heavy (non-hydrogen) atoms. The van der Waals surface area contributed by atoms with Crippen LogP contribution in [0.15, 0.2) is 35.4 Å². The minimum atomic E-state index is -3.90. The average molecular weight is 295 g/mol. The molecule has 0 bridgehead atoms. The molecule has 0 saturated carbocycles. The van der Waals surface area contributed by atoms with E-state index in [1.165, 1.54) is 19.2 Å². The first kappa shape index (κ1) is 14.3. The van der Waals surface area contributed by atoms with E-state index >= 15 is 0 Å². The van der Waals surface area contributed by atoms with Crippen LogP contribution in [0.1, 0.15) is 11.3 Å². The van der Waals surface area contributed by atoms with Gasteiger partial charge in [0.25, 0.3) is 10.0 Å². The van der Waals surface area contributed by atoms with Gasteiger partial charge in [-0.2, -0.15) is 0 Å². The zero-order chi connectivity index (χ0) is 14.9. The summed E-state index contributed by atoms with van der Waals surface area (Å²) < 4.78 is 40.2. The Balaban J connectivity index is 2.38. The van der Waals surface area contributed by atoms with Crippen molar-refractivity contribution in [2.75, 3.05) is 10.5 Å². The first-order chi connectivity index (χ1) is 9.29. The van der Waals surface area contributed by atoms with E-state index in [0.717, 1.165) is 11.8 Å². The second-order valence-electron chi connectivity index (χ2n) is 4.41. The lowest BCUT2D eigenvalue weighted by atomic mass is 10.2. The first-order valence-electron chi connectivity index (χ1n) is 5.81. The fraction of sp³-hybridized carbons (Fsp3) is 0.154. The monoisotopic (exact) mass is 295 g/mol. The highest BCUT2D eigenvalue weighted by molar-refractivity contribution is 7.92. The van der Waals surface area contributed by atoms with Gasteiger partial charge in [-0.1, -0.05) is 0 Å². The molecule has 5 nitrogen and oxygen atoms in total. The Labute approximate surface area is 116 Å². The van der Waals surface area contributed by atoms with Gasteiger partial charge in [-0.15, -0.1) is 0 Å². The molecule has 0 radical (unpaired) electrons. The van der Waals surface area contributed by atoms with Crippen LogP contribution in [-0.4, -0.2) is 13.4 Å². The number of sulfonamides is 1. The molecule has 0 saturated heterocycles. The molecule has 0 unspecified atom stereocenters. The summed E-state index contributed by atoms with van der Waals surface area (Å²) in [4.78, 5) is 3.76. The zero-order valence-electron chi connectivity index (χ0n) is 11.0. The molecular formula is C13H14FN3O2S. The standard InChI is InChI=1S/C13H14FN3O2S/c1-8-3-4-10(7-16-8)17-20(18,19)11-5-12(14)9(2)13(15)6-11/h3-7,17H,15H2,1-2H3. The summed E-state index contributed by atoms with van der Waals surface area (Å²) >= 11 is 0. The third-order valence-corrected chi connectivity index (χ3v) is 4.19. The van der Waals surface area contributed by atoms with Gasteiger partial charge in [0.2, 0.25) is 0 Å². The average Bonchev–Trinajstić information content (AvgIpc) is 2.38. The molecule has 0 aliphatic heterocycles. The van der Waals surface area contributed by atoms with Crippen LogP contribution in [0.5, 0.6) is 0 Å². The molecule has 0 spiro atoms. The molecule has 0 fully saturated rings. The van der Waals surface area contributed by atoms with Gasteiger partial charge in [-0.25, -0.2) is 12.8 Å². The van der Waals surface area contributed by atoms with Crippen LogP contribution in [-0.2, 0) is 10.0 Å². The number of hydrogen-bond acceptors (Lipinski definition) is 4. The topological polar surface area (TPSA) is 85.1 Å². The van der Waals surface area contributed by atoms with E-state index in [1.54, 1.807) is 19.1 Å². The number of benzene rings is 1. The maximum Gasteiger partial charge on any atom is 0.262 e. The summed E-state index contributed by atoms with van der Waals surface area (Å²) in [6.45, 7) is 3.27. The Hall–Kier alpha value is -2.15. The molecule has 1 heterocycles.